The van der Waals surface area contributed by atoms with E-state index in [0.29, 0.717) is 17.9 Å². The maximum absolute atomic E-state index is 12.1. The van der Waals surface area contributed by atoms with Crippen LogP contribution in [0.25, 0.3) is 0 Å². The van der Waals surface area contributed by atoms with Crippen LogP contribution in [0.5, 0.6) is 0 Å². The first-order chi connectivity index (χ1) is 8.29. The summed E-state index contributed by atoms with van der Waals surface area (Å²) in [6.07, 6.45) is 8.31. The van der Waals surface area contributed by atoms with Crippen LogP contribution in [0.15, 0.2) is 0 Å². The molecule has 1 amide bonds. The smallest absolute Gasteiger partial charge is 0.223 e. The van der Waals surface area contributed by atoms with Crippen molar-refractivity contribution in [2.24, 2.45) is 11.8 Å². The standard InChI is InChI=1S/C14H26N2O/c1-2-11-5-7-12(8-6-11)14(17)16-13-4-3-9-15-10-13/h11-13,15H,2-10H2,1H3,(H,16,17). The highest BCUT2D eigenvalue weighted by atomic mass is 16.1. The van der Waals surface area contributed by atoms with Crippen LogP contribution >= 0.6 is 0 Å². The maximum Gasteiger partial charge on any atom is 0.223 e. The number of nitrogens with one attached hydrogen (secondary N) is 2. The molecule has 1 saturated carbocycles. The fourth-order valence-electron chi connectivity index (χ4n) is 3.13. The molecule has 1 aliphatic carbocycles. The number of amides is 1. The molecular weight excluding hydrogens is 212 g/mol. The number of piperidine rings is 1. The molecule has 2 N–H and O–H groups in total. The van der Waals surface area contributed by atoms with Gasteiger partial charge in [0.05, 0.1) is 0 Å². The van der Waals surface area contributed by atoms with Crippen LogP contribution < -0.4 is 10.6 Å². The third-order valence-corrected chi connectivity index (χ3v) is 4.44. The largest absolute Gasteiger partial charge is 0.352 e. The average molecular weight is 238 g/mol. The highest BCUT2D eigenvalue weighted by molar-refractivity contribution is 5.79. The molecule has 17 heavy (non-hydrogen) atoms. The predicted molar refractivity (Wildman–Crippen MR) is 69.8 cm³/mol. The molecule has 3 heteroatoms. The second kappa shape index (κ2) is 6.39. The molecule has 3 nitrogen and oxygen atoms in total. The first-order valence-corrected chi connectivity index (χ1v) is 7.30. The molecule has 0 bridgehead atoms. The number of carbonyl (C=O) groups is 1. The van der Waals surface area contributed by atoms with E-state index < -0.39 is 0 Å². The van der Waals surface area contributed by atoms with E-state index >= 15 is 0 Å². The number of hydrogen-bond acceptors (Lipinski definition) is 2. The van der Waals surface area contributed by atoms with Crippen molar-refractivity contribution in [3.8, 4) is 0 Å². The van der Waals surface area contributed by atoms with Gasteiger partial charge in [-0.05, 0) is 51.0 Å². The van der Waals surface area contributed by atoms with E-state index in [4.69, 9.17) is 0 Å². The Kier molecular flexibility index (Phi) is 4.84. The molecule has 0 aromatic heterocycles. The van der Waals surface area contributed by atoms with E-state index in [1.165, 1.54) is 25.7 Å². The van der Waals surface area contributed by atoms with Gasteiger partial charge in [0.25, 0.3) is 0 Å². The van der Waals surface area contributed by atoms with Gasteiger partial charge < -0.3 is 10.6 Å². The van der Waals surface area contributed by atoms with Crippen LogP contribution in [-0.2, 0) is 4.79 Å². The fourth-order valence-corrected chi connectivity index (χ4v) is 3.13. The summed E-state index contributed by atoms with van der Waals surface area (Å²) in [5.74, 6) is 1.48. The van der Waals surface area contributed by atoms with Gasteiger partial charge in [-0.3, -0.25) is 4.79 Å². The summed E-state index contributed by atoms with van der Waals surface area (Å²) in [6, 6.07) is 0.375. The zero-order valence-electron chi connectivity index (χ0n) is 11.0. The maximum atomic E-state index is 12.1. The topological polar surface area (TPSA) is 41.1 Å². The van der Waals surface area contributed by atoms with Crippen LogP contribution in [0.3, 0.4) is 0 Å². The molecule has 1 heterocycles. The van der Waals surface area contributed by atoms with E-state index in [1.807, 2.05) is 0 Å². The van der Waals surface area contributed by atoms with Crippen molar-refractivity contribution in [2.45, 2.75) is 57.9 Å². The average Bonchev–Trinajstić information content (AvgIpc) is 2.40. The van der Waals surface area contributed by atoms with Crippen LogP contribution in [0.1, 0.15) is 51.9 Å². The molecule has 2 rings (SSSR count). The van der Waals surface area contributed by atoms with Gasteiger partial charge in [-0.2, -0.15) is 0 Å². The van der Waals surface area contributed by atoms with Crippen molar-refractivity contribution < 1.29 is 4.79 Å². The minimum Gasteiger partial charge on any atom is -0.352 e. The predicted octanol–water partition coefficient (Wildman–Crippen LogP) is 2.07. The molecule has 2 aliphatic rings. The Morgan fingerprint density at radius 2 is 2.00 bits per heavy atom. The molecule has 1 saturated heterocycles. The number of carbonyl (C=O) groups excluding carboxylic acids is 1. The van der Waals surface area contributed by atoms with Gasteiger partial charge in [-0.25, -0.2) is 0 Å². The Morgan fingerprint density at radius 1 is 1.24 bits per heavy atom. The lowest BCUT2D eigenvalue weighted by Gasteiger charge is -2.30. The van der Waals surface area contributed by atoms with E-state index in [-0.39, 0.29) is 0 Å². The van der Waals surface area contributed by atoms with Crippen molar-refractivity contribution in [3.63, 3.8) is 0 Å². The van der Waals surface area contributed by atoms with Gasteiger partial charge in [0.2, 0.25) is 5.91 Å². The van der Waals surface area contributed by atoms with Crippen LogP contribution in [0.4, 0.5) is 0 Å². The molecule has 0 aromatic carbocycles. The molecule has 1 aliphatic heterocycles. The number of rotatable bonds is 3. The summed E-state index contributed by atoms with van der Waals surface area (Å²) in [6.45, 7) is 4.32. The monoisotopic (exact) mass is 238 g/mol. The molecule has 0 aromatic rings. The lowest BCUT2D eigenvalue weighted by molar-refractivity contribution is -0.127. The zero-order valence-corrected chi connectivity index (χ0v) is 11.0. The van der Waals surface area contributed by atoms with Gasteiger partial charge in [-0.15, -0.1) is 0 Å². The van der Waals surface area contributed by atoms with Crippen molar-refractivity contribution in [2.75, 3.05) is 13.1 Å². The highest BCUT2D eigenvalue weighted by Crippen LogP contribution is 2.30. The van der Waals surface area contributed by atoms with E-state index in [2.05, 4.69) is 17.6 Å². The number of hydrogen-bond donors (Lipinski definition) is 2. The zero-order chi connectivity index (χ0) is 12.1. The molecule has 98 valence electrons. The Balaban J connectivity index is 1.72. The van der Waals surface area contributed by atoms with E-state index in [9.17, 15) is 4.79 Å². The van der Waals surface area contributed by atoms with Crippen molar-refractivity contribution in [1.82, 2.24) is 10.6 Å². The van der Waals surface area contributed by atoms with Crippen molar-refractivity contribution >= 4 is 5.91 Å². The quantitative estimate of drug-likeness (QED) is 0.790. The Morgan fingerprint density at radius 3 is 2.59 bits per heavy atom. The summed E-state index contributed by atoms with van der Waals surface area (Å²) in [7, 11) is 0. The lowest BCUT2D eigenvalue weighted by atomic mass is 9.80. The Hall–Kier alpha value is -0.570. The van der Waals surface area contributed by atoms with Gasteiger partial charge >= 0.3 is 0 Å². The third kappa shape index (κ3) is 3.70. The second-order valence-corrected chi connectivity index (χ2v) is 5.68. The summed E-state index contributed by atoms with van der Waals surface area (Å²) in [5.41, 5.74) is 0. The van der Waals surface area contributed by atoms with Crippen LogP contribution in [0.2, 0.25) is 0 Å². The van der Waals surface area contributed by atoms with E-state index in [0.717, 1.165) is 38.3 Å². The van der Waals surface area contributed by atoms with Gasteiger partial charge in [0, 0.05) is 18.5 Å². The highest BCUT2D eigenvalue weighted by Gasteiger charge is 2.27. The summed E-state index contributed by atoms with van der Waals surface area (Å²) in [5, 5.41) is 6.56. The van der Waals surface area contributed by atoms with Crippen LogP contribution in [-0.4, -0.2) is 25.0 Å². The second-order valence-electron chi connectivity index (χ2n) is 5.68. The lowest BCUT2D eigenvalue weighted by Crippen LogP contribution is -2.47. The first kappa shape index (κ1) is 12.9. The fraction of sp³-hybridized carbons (Fsp3) is 0.929. The molecule has 1 unspecified atom stereocenters. The third-order valence-electron chi connectivity index (χ3n) is 4.44. The minimum absolute atomic E-state index is 0.291. The van der Waals surface area contributed by atoms with Crippen LogP contribution in [0, 0.1) is 11.8 Å². The molecule has 1 atom stereocenters. The molecule has 0 spiro atoms. The summed E-state index contributed by atoms with van der Waals surface area (Å²) in [4.78, 5) is 12.1. The van der Waals surface area contributed by atoms with Gasteiger partial charge in [0.1, 0.15) is 0 Å². The summed E-state index contributed by atoms with van der Waals surface area (Å²) >= 11 is 0. The minimum atomic E-state index is 0.291. The van der Waals surface area contributed by atoms with Gasteiger partial charge in [0.15, 0.2) is 0 Å². The SMILES string of the molecule is CCC1CCC(C(=O)NC2CCCNC2)CC1. The summed E-state index contributed by atoms with van der Waals surface area (Å²) < 4.78 is 0. The molecular formula is C14H26N2O. The Labute approximate surface area is 105 Å². The molecule has 2 fully saturated rings. The normalized spacial score (nSPS) is 34.3. The molecule has 0 radical (unpaired) electrons. The van der Waals surface area contributed by atoms with E-state index in [1.54, 1.807) is 0 Å². The van der Waals surface area contributed by atoms with Gasteiger partial charge in [-0.1, -0.05) is 13.3 Å². The van der Waals surface area contributed by atoms with Crippen molar-refractivity contribution in [1.29, 1.82) is 0 Å². The van der Waals surface area contributed by atoms with Crippen molar-refractivity contribution in [3.05, 3.63) is 0 Å². The first-order valence-electron chi connectivity index (χ1n) is 7.30. The Bertz CT molecular complexity index is 241.